The van der Waals surface area contributed by atoms with Crippen molar-refractivity contribution in [2.45, 2.75) is 25.6 Å². The lowest BCUT2D eigenvalue weighted by atomic mass is 10.1. The van der Waals surface area contributed by atoms with Gasteiger partial charge >= 0.3 is 0 Å². The molecule has 0 amide bonds. The van der Waals surface area contributed by atoms with Crippen LogP contribution in [0.3, 0.4) is 0 Å². The number of ether oxygens (including phenoxy) is 1. The molecule has 1 aliphatic rings. The first-order chi connectivity index (χ1) is 12.8. The van der Waals surface area contributed by atoms with Crippen LogP contribution in [-0.4, -0.2) is 49.2 Å². The summed E-state index contributed by atoms with van der Waals surface area (Å²) in [6.07, 6.45) is 1.19. The Morgan fingerprint density at radius 3 is 2.58 bits per heavy atom. The molecule has 0 bridgehead atoms. The molecular weight excluding hydrogens is 322 g/mol. The Balaban J connectivity index is 1.61. The third-order valence-corrected chi connectivity index (χ3v) is 5.06. The molecule has 26 heavy (non-hydrogen) atoms. The van der Waals surface area contributed by atoms with Crippen LogP contribution in [0.4, 0.5) is 0 Å². The average molecular weight is 349 g/mol. The zero-order valence-electron chi connectivity index (χ0n) is 15.5. The standard InChI is InChI=1S/C22H27N3O/c1-26-14-13-25(17-21-9-7-19(15-23)8-10-21)22-11-12-24(18-22)16-20-5-3-2-4-6-20/h2-10,22H,11-14,16-18H2,1H3. The second kappa shape index (κ2) is 9.49. The van der Waals surface area contributed by atoms with Gasteiger partial charge in [0.05, 0.1) is 18.2 Å². The molecule has 2 aromatic rings. The molecule has 0 aliphatic carbocycles. The zero-order chi connectivity index (χ0) is 18.2. The Bertz CT molecular complexity index is 708. The third-order valence-electron chi connectivity index (χ3n) is 5.06. The van der Waals surface area contributed by atoms with Gasteiger partial charge in [-0.3, -0.25) is 9.80 Å². The highest BCUT2D eigenvalue weighted by atomic mass is 16.5. The van der Waals surface area contributed by atoms with Crippen LogP contribution in [-0.2, 0) is 17.8 Å². The quantitative estimate of drug-likeness (QED) is 0.733. The highest BCUT2D eigenvalue weighted by Gasteiger charge is 2.27. The number of nitrogens with zero attached hydrogens (tertiary/aromatic N) is 3. The fourth-order valence-corrected chi connectivity index (χ4v) is 3.61. The largest absolute Gasteiger partial charge is 0.383 e. The Morgan fingerprint density at radius 1 is 1.12 bits per heavy atom. The van der Waals surface area contributed by atoms with E-state index in [2.05, 4.69) is 58.3 Å². The summed E-state index contributed by atoms with van der Waals surface area (Å²) >= 11 is 0. The fourth-order valence-electron chi connectivity index (χ4n) is 3.61. The van der Waals surface area contributed by atoms with E-state index in [0.717, 1.165) is 39.3 Å². The minimum atomic E-state index is 0.546. The molecule has 136 valence electrons. The van der Waals surface area contributed by atoms with E-state index in [1.807, 2.05) is 12.1 Å². The highest BCUT2D eigenvalue weighted by molar-refractivity contribution is 5.31. The van der Waals surface area contributed by atoms with E-state index in [-0.39, 0.29) is 0 Å². The van der Waals surface area contributed by atoms with Gasteiger partial charge in [-0.05, 0) is 29.7 Å². The van der Waals surface area contributed by atoms with Crippen molar-refractivity contribution in [3.8, 4) is 6.07 Å². The molecule has 1 atom stereocenters. The number of methoxy groups -OCH3 is 1. The van der Waals surface area contributed by atoms with Crippen molar-refractivity contribution in [3.05, 3.63) is 71.3 Å². The van der Waals surface area contributed by atoms with Crippen LogP contribution in [0, 0.1) is 11.3 Å². The first kappa shape index (κ1) is 18.6. The molecule has 0 spiro atoms. The summed E-state index contributed by atoms with van der Waals surface area (Å²) in [5.74, 6) is 0. The second-order valence-corrected chi connectivity index (χ2v) is 6.94. The van der Waals surface area contributed by atoms with Gasteiger partial charge in [0, 0.05) is 45.9 Å². The molecule has 3 rings (SSSR count). The normalized spacial score (nSPS) is 17.5. The van der Waals surface area contributed by atoms with Gasteiger partial charge in [0.25, 0.3) is 0 Å². The van der Waals surface area contributed by atoms with Gasteiger partial charge in [0.1, 0.15) is 0 Å². The summed E-state index contributed by atoms with van der Waals surface area (Å²) in [5.41, 5.74) is 3.34. The van der Waals surface area contributed by atoms with Crippen LogP contribution >= 0.6 is 0 Å². The zero-order valence-corrected chi connectivity index (χ0v) is 15.5. The van der Waals surface area contributed by atoms with E-state index in [1.165, 1.54) is 17.5 Å². The van der Waals surface area contributed by atoms with Crippen molar-refractivity contribution in [1.29, 1.82) is 5.26 Å². The predicted molar refractivity (Wildman–Crippen MR) is 104 cm³/mol. The molecule has 4 heteroatoms. The molecular formula is C22H27N3O. The van der Waals surface area contributed by atoms with Crippen molar-refractivity contribution in [2.75, 3.05) is 33.4 Å². The third kappa shape index (κ3) is 5.15. The van der Waals surface area contributed by atoms with Gasteiger partial charge in [-0.2, -0.15) is 5.26 Å². The summed E-state index contributed by atoms with van der Waals surface area (Å²) in [6, 6.07) is 21.4. The van der Waals surface area contributed by atoms with E-state index in [4.69, 9.17) is 10.00 Å². The maximum Gasteiger partial charge on any atom is 0.0991 e. The summed E-state index contributed by atoms with van der Waals surface area (Å²) in [4.78, 5) is 5.06. The van der Waals surface area contributed by atoms with Crippen LogP contribution in [0.5, 0.6) is 0 Å². The molecule has 4 nitrogen and oxygen atoms in total. The molecule has 0 saturated carbocycles. The van der Waals surface area contributed by atoms with Crippen LogP contribution in [0.2, 0.25) is 0 Å². The van der Waals surface area contributed by atoms with E-state index in [0.29, 0.717) is 11.6 Å². The summed E-state index contributed by atoms with van der Waals surface area (Å²) < 4.78 is 5.33. The predicted octanol–water partition coefficient (Wildman–Crippen LogP) is 3.28. The van der Waals surface area contributed by atoms with E-state index >= 15 is 0 Å². The van der Waals surface area contributed by atoms with Gasteiger partial charge < -0.3 is 4.74 Å². The molecule has 1 unspecified atom stereocenters. The molecule has 1 fully saturated rings. The minimum absolute atomic E-state index is 0.546. The van der Waals surface area contributed by atoms with E-state index in [9.17, 15) is 0 Å². The maximum atomic E-state index is 8.97. The van der Waals surface area contributed by atoms with Crippen molar-refractivity contribution in [1.82, 2.24) is 9.80 Å². The lowest BCUT2D eigenvalue weighted by Crippen LogP contribution is -2.39. The average Bonchev–Trinajstić information content (AvgIpc) is 3.15. The number of nitriles is 1. The van der Waals surface area contributed by atoms with Crippen LogP contribution < -0.4 is 0 Å². The second-order valence-electron chi connectivity index (χ2n) is 6.94. The summed E-state index contributed by atoms with van der Waals surface area (Å²) in [6.45, 7) is 5.82. The van der Waals surface area contributed by atoms with Crippen molar-refractivity contribution in [3.63, 3.8) is 0 Å². The Hall–Kier alpha value is -2.19. The number of hydrogen-bond donors (Lipinski definition) is 0. The molecule has 0 N–H and O–H groups in total. The van der Waals surface area contributed by atoms with Gasteiger partial charge in [0.2, 0.25) is 0 Å². The Morgan fingerprint density at radius 2 is 1.88 bits per heavy atom. The van der Waals surface area contributed by atoms with Gasteiger partial charge in [-0.15, -0.1) is 0 Å². The van der Waals surface area contributed by atoms with Gasteiger partial charge in [-0.25, -0.2) is 0 Å². The first-order valence-corrected chi connectivity index (χ1v) is 9.27. The lowest BCUT2D eigenvalue weighted by Gasteiger charge is -2.29. The summed E-state index contributed by atoms with van der Waals surface area (Å²) in [5, 5.41) is 8.97. The molecule has 2 aromatic carbocycles. The topological polar surface area (TPSA) is 39.5 Å². The minimum Gasteiger partial charge on any atom is -0.383 e. The molecule has 0 aromatic heterocycles. The molecule has 0 radical (unpaired) electrons. The van der Waals surface area contributed by atoms with Gasteiger partial charge in [-0.1, -0.05) is 42.5 Å². The van der Waals surface area contributed by atoms with Gasteiger partial charge in [0.15, 0.2) is 0 Å². The SMILES string of the molecule is COCCN(Cc1ccc(C#N)cc1)C1CCN(Cc2ccccc2)C1. The van der Waals surface area contributed by atoms with Crippen LogP contribution in [0.25, 0.3) is 0 Å². The van der Waals surface area contributed by atoms with Crippen LogP contribution in [0.15, 0.2) is 54.6 Å². The first-order valence-electron chi connectivity index (χ1n) is 9.27. The monoisotopic (exact) mass is 349 g/mol. The Kier molecular flexibility index (Phi) is 6.79. The van der Waals surface area contributed by atoms with Crippen LogP contribution in [0.1, 0.15) is 23.1 Å². The number of hydrogen-bond acceptors (Lipinski definition) is 4. The highest BCUT2D eigenvalue weighted by Crippen LogP contribution is 2.20. The van der Waals surface area contributed by atoms with E-state index in [1.54, 1.807) is 7.11 Å². The molecule has 1 heterocycles. The number of rotatable bonds is 8. The lowest BCUT2D eigenvalue weighted by molar-refractivity contribution is 0.114. The van der Waals surface area contributed by atoms with Crippen molar-refractivity contribution in [2.24, 2.45) is 0 Å². The molecule has 1 aliphatic heterocycles. The molecule has 1 saturated heterocycles. The summed E-state index contributed by atoms with van der Waals surface area (Å²) in [7, 11) is 1.76. The smallest absolute Gasteiger partial charge is 0.0991 e. The maximum absolute atomic E-state index is 8.97. The van der Waals surface area contributed by atoms with Crippen molar-refractivity contribution >= 4 is 0 Å². The van der Waals surface area contributed by atoms with Crippen molar-refractivity contribution < 1.29 is 4.74 Å². The fraction of sp³-hybridized carbons (Fsp3) is 0.409. The van der Waals surface area contributed by atoms with E-state index < -0.39 is 0 Å². The number of benzene rings is 2. The number of likely N-dealkylation sites (tertiary alicyclic amines) is 1. The Labute approximate surface area is 156 Å².